The second-order valence-corrected chi connectivity index (χ2v) is 13.9. The Bertz CT molecular complexity index is 1950. The molecule has 2 unspecified atom stereocenters. The average molecular weight is 702 g/mol. The molecule has 0 radical (unpaired) electrons. The van der Waals surface area contributed by atoms with Gasteiger partial charge >= 0.3 is 0 Å². The van der Waals surface area contributed by atoms with E-state index in [-0.39, 0.29) is 29.8 Å². The number of aryl methyl sites for hydroxylation is 1. The van der Waals surface area contributed by atoms with Crippen LogP contribution in [0.4, 0.5) is 0 Å². The molecular formula is C37H38Cl2N6O4. The number of rotatable bonds is 11. The Labute approximate surface area is 294 Å². The summed E-state index contributed by atoms with van der Waals surface area (Å²) in [6, 6.07) is 15.7. The molecule has 3 aliphatic rings. The Morgan fingerprint density at radius 3 is 2.06 bits per heavy atom. The molecule has 254 valence electrons. The van der Waals surface area contributed by atoms with Gasteiger partial charge in [-0.05, 0) is 31.9 Å². The number of carbonyl (C=O) groups is 4. The first-order chi connectivity index (χ1) is 23.7. The molecule has 0 spiro atoms. The van der Waals surface area contributed by atoms with E-state index in [0.29, 0.717) is 67.8 Å². The molecule has 0 bridgehead atoms. The lowest BCUT2D eigenvalue weighted by Crippen LogP contribution is -2.46. The van der Waals surface area contributed by atoms with Crippen LogP contribution in [0.2, 0.25) is 10.0 Å². The minimum Gasteiger partial charge on any atom is -0.352 e. The number of hydrogen-bond acceptors (Lipinski definition) is 4. The van der Waals surface area contributed by atoms with Crippen LogP contribution >= 0.6 is 23.2 Å². The van der Waals surface area contributed by atoms with E-state index >= 15 is 0 Å². The van der Waals surface area contributed by atoms with E-state index < -0.39 is 0 Å². The number of nitrogens with zero attached hydrogens (tertiary/aromatic N) is 4. The zero-order valence-corrected chi connectivity index (χ0v) is 28.8. The number of fused-ring (bicyclic) bond motifs is 1. The zero-order chi connectivity index (χ0) is 34.2. The third kappa shape index (κ3) is 6.72. The summed E-state index contributed by atoms with van der Waals surface area (Å²) in [6.45, 7) is 5.41. The van der Waals surface area contributed by atoms with Crippen molar-refractivity contribution >= 4 is 47.3 Å². The molecule has 2 aromatic carbocycles. The first-order valence-electron chi connectivity index (χ1n) is 16.7. The summed E-state index contributed by atoms with van der Waals surface area (Å²) in [5, 5.41) is 7.00. The van der Waals surface area contributed by atoms with Gasteiger partial charge in [0.1, 0.15) is 5.69 Å². The van der Waals surface area contributed by atoms with Crippen molar-refractivity contribution in [2.75, 3.05) is 26.2 Å². The van der Waals surface area contributed by atoms with Gasteiger partial charge in [0.25, 0.3) is 5.91 Å². The molecule has 2 fully saturated rings. The SMILES string of the molecule is Cc1cc(-c2cccc(-c3cccc(-c4cc5n(c4)CCN(CC4CCC(=O)N4)C5=O)c3Cl)c2Cl)cn1CCN(C=O)CC1CCC(=O)N1. The maximum atomic E-state index is 13.4. The van der Waals surface area contributed by atoms with Crippen LogP contribution in [0.1, 0.15) is 41.9 Å². The maximum absolute atomic E-state index is 13.4. The minimum atomic E-state index is -0.0509. The number of benzene rings is 2. The van der Waals surface area contributed by atoms with E-state index in [4.69, 9.17) is 23.2 Å². The average Bonchev–Trinajstić information content (AvgIpc) is 3.89. The first kappa shape index (κ1) is 33.0. The second kappa shape index (κ2) is 13.8. The van der Waals surface area contributed by atoms with Crippen molar-refractivity contribution in [1.82, 2.24) is 29.6 Å². The summed E-state index contributed by atoms with van der Waals surface area (Å²) in [6.07, 6.45) is 7.37. The van der Waals surface area contributed by atoms with Crippen molar-refractivity contribution < 1.29 is 19.2 Å². The molecule has 4 amide bonds. The highest BCUT2D eigenvalue weighted by Gasteiger charge is 2.30. The van der Waals surface area contributed by atoms with Crippen LogP contribution in [0, 0.1) is 6.92 Å². The number of nitrogens with one attached hydrogen (secondary N) is 2. The number of carbonyl (C=O) groups excluding carboxylic acids is 4. The fourth-order valence-corrected chi connectivity index (χ4v) is 7.89. The molecule has 5 heterocycles. The third-order valence-electron chi connectivity index (χ3n) is 9.88. The van der Waals surface area contributed by atoms with Gasteiger partial charge in [0.05, 0.1) is 10.0 Å². The van der Waals surface area contributed by atoms with E-state index in [1.807, 2.05) is 71.2 Å². The largest absolute Gasteiger partial charge is 0.352 e. The van der Waals surface area contributed by atoms with Crippen LogP contribution < -0.4 is 10.6 Å². The third-order valence-corrected chi connectivity index (χ3v) is 10.7. The smallest absolute Gasteiger partial charge is 0.270 e. The molecule has 7 rings (SSSR count). The Morgan fingerprint density at radius 1 is 0.837 bits per heavy atom. The number of aromatic nitrogens is 2. The molecule has 2 saturated heterocycles. The van der Waals surface area contributed by atoms with E-state index in [9.17, 15) is 19.2 Å². The fraction of sp³-hybridized carbons (Fsp3) is 0.351. The number of amides is 4. The second-order valence-electron chi connectivity index (χ2n) is 13.2. The van der Waals surface area contributed by atoms with Crippen molar-refractivity contribution in [3.63, 3.8) is 0 Å². The lowest BCUT2D eigenvalue weighted by Gasteiger charge is -2.30. The van der Waals surface area contributed by atoms with Gasteiger partial charge in [-0.25, -0.2) is 0 Å². The topological polar surface area (TPSA) is 109 Å². The highest BCUT2D eigenvalue weighted by molar-refractivity contribution is 6.39. The van der Waals surface area contributed by atoms with Crippen LogP contribution in [0.25, 0.3) is 33.4 Å². The van der Waals surface area contributed by atoms with Gasteiger partial charge in [0.15, 0.2) is 0 Å². The molecule has 12 heteroatoms. The molecule has 2 aromatic heterocycles. The van der Waals surface area contributed by atoms with Gasteiger partial charge in [-0.15, -0.1) is 0 Å². The standard InChI is InChI=1S/C37H38Cl2N6O4/c1-23-16-24(18-43(23)13-12-42(22-46)20-26-8-10-33(47)40-26)28-4-2-6-30(35(28)38)31-7-3-5-29(36(31)39)25-17-32-37(49)45(15-14-44(32)19-25)21-27-9-11-34(48)41-27/h2-7,16-19,22,26-27H,8-15,20-21H2,1H3,(H,40,47)(H,41,48). The summed E-state index contributed by atoms with van der Waals surface area (Å²) < 4.78 is 4.09. The summed E-state index contributed by atoms with van der Waals surface area (Å²) in [5.74, 6) is 0.0275. The van der Waals surface area contributed by atoms with Crippen molar-refractivity contribution in [2.45, 2.75) is 57.8 Å². The molecule has 2 atom stereocenters. The van der Waals surface area contributed by atoms with Gasteiger partial charge < -0.3 is 29.6 Å². The molecule has 2 N–H and O–H groups in total. The molecule has 49 heavy (non-hydrogen) atoms. The Hall–Kier alpha value is -4.54. The van der Waals surface area contributed by atoms with Crippen molar-refractivity contribution in [1.29, 1.82) is 0 Å². The first-order valence-corrected chi connectivity index (χ1v) is 17.5. The van der Waals surface area contributed by atoms with Gasteiger partial charge in [-0.1, -0.05) is 59.6 Å². The predicted octanol–water partition coefficient (Wildman–Crippen LogP) is 5.38. The highest BCUT2D eigenvalue weighted by atomic mass is 35.5. The van der Waals surface area contributed by atoms with Gasteiger partial charge in [0, 0.05) is 116 Å². The predicted molar refractivity (Wildman–Crippen MR) is 189 cm³/mol. The maximum Gasteiger partial charge on any atom is 0.270 e. The normalized spacial score (nSPS) is 18.8. The van der Waals surface area contributed by atoms with Crippen molar-refractivity contribution in [3.05, 3.63) is 82.4 Å². The Balaban J connectivity index is 1.10. The van der Waals surface area contributed by atoms with E-state index in [0.717, 1.165) is 58.3 Å². The van der Waals surface area contributed by atoms with Crippen molar-refractivity contribution in [3.8, 4) is 33.4 Å². The summed E-state index contributed by atoms with van der Waals surface area (Å²) >= 11 is 14.2. The molecule has 0 aliphatic carbocycles. The summed E-state index contributed by atoms with van der Waals surface area (Å²) in [7, 11) is 0. The molecule has 3 aliphatic heterocycles. The number of halogens is 2. The molecule has 4 aromatic rings. The van der Waals surface area contributed by atoms with Crippen LogP contribution in [0.15, 0.2) is 60.9 Å². The van der Waals surface area contributed by atoms with E-state index in [1.165, 1.54) is 0 Å². The lowest BCUT2D eigenvalue weighted by molar-refractivity contribution is -0.121. The number of hydrogen-bond donors (Lipinski definition) is 2. The van der Waals surface area contributed by atoms with Crippen LogP contribution in [-0.2, 0) is 27.5 Å². The molecule has 0 saturated carbocycles. The van der Waals surface area contributed by atoms with Gasteiger partial charge in [0.2, 0.25) is 18.2 Å². The molecule has 10 nitrogen and oxygen atoms in total. The van der Waals surface area contributed by atoms with Crippen LogP contribution in [-0.4, -0.2) is 81.3 Å². The van der Waals surface area contributed by atoms with Crippen LogP contribution in [0.3, 0.4) is 0 Å². The molecular weight excluding hydrogens is 663 g/mol. The quantitative estimate of drug-likeness (QED) is 0.205. The Morgan fingerprint density at radius 2 is 1.45 bits per heavy atom. The van der Waals surface area contributed by atoms with E-state index in [2.05, 4.69) is 21.3 Å². The van der Waals surface area contributed by atoms with Gasteiger partial charge in [-0.3, -0.25) is 19.2 Å². The highest BCUT2D eigenvalue weighted by Crippen LogP contribution is 2.43. The summed E-state index contributed by atoms with van der Waals surface area (Å²) in [5.41, 5.74) is 6.71. The van der Waals surface area contributed by atoms with E-state index in [1.54, 1.807) is 4.90 Å². The van der Waals surface area contributed by atoms with Crippen molar-refractivity contribution in [2.24, 2.45) is 0 Å². The van der Waals surface area contributed by atoms with Gasteiger partial charge in [-0.2, -0.15) is 0 Å². The summed E-state index contributed by atoms with van der Waals surface area (Å²) in [4.78, 5) is 52.0. The monoisotopic (exact) mass is 700 g/mol. The minimum absolute atomic E-state index is 0.0000631. The zero-order valence-electron chi connectivity index (χ0n) is 27.3. The van der Waals surface area contributed by atoms with Crippen LogP contribution in [0.5, 0.6) is 0 Å². The fourth-order valence-electron chi connectivity index (χ4n) is 7.22. The lowest BCUT2D eigenvalue weighted by atomic mass is 9.97. The Kier molecular flexibility index (Phi) is 9.26.